The molecule has 0 saturated heterocycles. The molecule has 0 fully saturated rings. The van der Waals surface area contributed by atoms with Crippen LogP contribution < -0.4 is 4.31 Å². The highest BCUT2D eigenvalue weighted by Gasteiger charge is 2.21. The van der Waals surface area contributed by atoms with Gasteiger partial charge in [0, 0.05) is 23.7 Å². The molecule has 1 amide bonds. The largest absolute Gasteiger partial charge is 0.330 e. The number of carbonyl (C=O) groups is 1. The third-order valence-corrected chi connectivity index (χ3v) is 7.15. The van der Waals surface area contributed by atoms with E-state index < -0.39 is 10.0 Å². The van der Waals surface area contributed by atoms with E-state index in [1.54, 1.807) is 53.4 Å². The molecule has 4 aromatic rings. The van der Waals surface area contributed by atoms with Crippen LogP contribution in [0.5, 0.6) is 0 Å². The Labute approximate surface area is 217 Å². The molecule has 0 aliphatic carbocycles. The van der Waals surface area contributed by atoms with Crippen LogP contribution in [0.4, 0.5) is 5.69 Å². The van der Waals surface area contributed by atoms with Crippen molar-refractivity contribution in [2.45, 2.75) is 19.6 Å². The fourth-order valence-electron chi connectivity index (χ4n) is 3.92. The molecule has 0 radical (unpaired) electrons. The third kappa shape index (κ3) is 6.74. The molecule has 0 heterocycles. The van der Waals surface area contributed by atoms with Gasteiger partial charge >= 0.3 is 0 Å². The van der Waals surface area contributed by atoms with E-state index in [-0.39, 0.29) is 12.5 Å². The average molecular weight is 519 g/mol. The van der Waals surface area contributed by atoms with Crippen LogP contribution >= 0.6 is 11.6 Å². The summed E-state index contributed by atoms with van der Waals surface area (Å²) in [6.07, 6.45) is 1.17. The standard InChI is InChI=1S/C29H27ClN2O3S/c1-36(34,35)32(22-25-12-16-27(30)17-13-25)28-18-14-26(15-19-28)29(33)31(20-23-8-4-2-5-9-23)21-24-10-6-3-7-11-24/h2-19H,20-22H2,1H3. The summed E-state index contributed by atoms with van der Waals surface area (Å²) in [6.45, 7) is 1.09. The molecule has 5 nitrogen and oxygen atoms in total. The van der Waals surface area contributed by atoms with Crippen LogP contribution in [0.25, 0.3) is 0 Å². The SMILES string of the molecule is CS(=O)(=O)N(Cc1ccc(Cl)cc1)c1ccc(C(=O)N(Cc2ccccc2)Cc2ccccc2)cc1. The number of sulfonamides is 1. The van der Waals surface area contributed by atoms with Gasteiger partial charge in [-0.25, -0.2) is 8.42 Å². The molecule has 0 aliphatic rings. The summed E-state index contributed by atoms with van der Waals surface area (Å²) in [6, 6.07) is 33.5. The maximum Gasteiger partial charge on any atom is 0.254 e. The third-order valence-electron chi connectivity index (χ3n) is 5.76. The topological polar surface area (TPSA) is 57.7 Å². The number of amides is 1. The molecule has 36 heavy (non-hydrogen) atoms. The first kappa shape index (κ1) is 25.5. The highest BCUT2D eigenvalue weighted by atomic mass is 35.5. The maximum atomic E-state index is 13.5. The lowest BCUT2D eigenvalue weighted by Gasteiger charge is -2.25. The Balaban J connectivity index is 1.58. The zero-order valence-electron chi connectivity index (χ0n) is 19.9. The van der Waals surface area contributed by atoms with Crippen LogP contribution in [-0.2, 0) is 29.7 Å². The van der Waals surface area contributed by atoms with Crippen molar-refractivity contribution >= 4 is 33.2 Å². The zero-order chi connectivity index (χ0) is 25.5. The number of anilines is 1. The second-order valence-electron chi connectivity index (χ2n) is 8.58. The van der Waals surface area contributed by atoms with Crippen molar-refractivity contribution in [2.75, 3.05) is 10.6 Å². The van der Waals surface area contributed by atoms with E-state index in [9.17, 15) is 13.2 Å². The number of benzene rings is 4. The summed E-state index contributed by atoms with van der Waals surface area (Å²) in [5.74, 6) is -0.127. The Bertz CT molecular complexity index is 1350. The van der Waals surface area contributed by atoms with Gasteiger partial charge in [-0.2, -0.15) is 0 Å². The summed E-state index contributed by atoms with van der Waals surface area (Å²) < 4.78 is 26.4. The highest BCUT2D eigenvalue weighted by Crippen LogP contribution is 2.23. The van der Waals surface area contributed by atoms with Crippen molar-refractivity contribution in [3.63, 3.8) is 0 Å². The Kier molecular flexibility index (Phi) is 8.08. The number of hydrogen-bond acceptors (Lipinski definition) is 3. The van der Waals surface area contributed by atoms with E-state index in [0.29, 0.717) is 29.4 Å². The number of rotatable bonds is 9. The lowest BCUT2D eigenvalue weighted by atomic mass is 10.1. The second-order valence-corrected chi connectivity index (χ2v) is 10.9. The van der Waals surface area contributed by atoms with E-state index in [0.717, 1.165) is 16.7 Å². The molecule has 0 aromatic heterocycles. The number of halogens is 1. The van der Waals surface area contributed by atoms with E-state index in [1.165, 1.54) is 10.6 Å². The number of carbonyl (C=O) groups excluding carboxylic acids is 1. The van der Waals surface area contributed by atoms with Crippen molar-refractivity contribution in [3.8, 4) is 0 Å². The Morgan fingerprint density at radius 1 is 0.667 bits per heavy atom. The van der Waals surface area contributed by atoms with E-state index >= 15 is 0 Å². The molecule has 0 aliphatic heterocycles. The number of hydrogen-bond donors (Lipinski definition) is 0. The fraction of sp³-hybridized carbons (Fsp3) is 0.138. The van der Waals surface area contributed by atoms with Gasteiger partial charge in [0.15, 0.2) is 0 Å². The van der Waals surface area contributed by atoms with Crippen LogP contribution in [0.3, 0.4) is 0 Å². The lowest BCUT2D eigenvalue weighted by molar-refractivity contribution is 0.0730. The van der Waals surface area contributed by atoms with Crippen LogP contribution in [-0.4, -0.2) is 25.5 Å². The predicted molar refractivity (Wildman–Crippen MR) is 145 cm³/mol. The molecule has 4 rings (SSSR count). The lowest BCUT2D eigenvalue weighted by Crippen LogP contribution is -2.31. The molecule has 0 atom stereocenters. The van der Waals surface area contributed by atoms with Crippen LogP contribution in [0.2, 0.25) is 5.02 Å². The minimum Gasteiger partial charge on any atom is -0.330 e. The van der Waals surface area contributed by atoms with E-state index in [2.05, 4.69) is 0 Å². The molecule has 7 heteroatoms. The van der Waals surface area contributed by atoms with Gasteiger partial charge in [0.25, 0.3) is 5.91 Å². The molecule has 4 aromatic carbocycles. The minimum absolute atomic E-state index is 0.127. The number of nitrogens with zero attached hydrogens (tertiary/aromatic N) is 2. The molecule has 0 saturated carbocycles. The Morgan fingerprint density at radius 2 is 1.14 bits per heavy atom. The van der Waals surface area contributed by atoms with E-state index in [4.69, 9.17) is 11.6 Å². The van der Waals surface area contributed by atoms with Gasteiger partial charge in [-0.3, -0.25) is 9.10 Å². The summed E-state index contributed by atoms with van der Waals surface area (Å²) in [4.78, 5) is 15.3. The predicted octanol–water partition coefficient (Wildman–Crippen LogP) is 6.15. The normalized spacial score (nSPS) is 11.2. The van der Waals surface area contributed by atoms with Crippen LogP contribution in [0.15, 0.2) is 109 Å². The van der Waals surface area contributed by atoms with E-state index in [1.807, 2.05) is 60.7 Å². The maximum absolute atomic E-state index is 13.5. The van der Waals surface area contributed by atoms with Crippen LogP contribution in [0, 0.1) is 0 Å². The van der Waals surface area contributed by atoms with Crippen LogP contribution in [0.1, 0.15) is 27.0 Å². The average Bonchev–Trinajstić information content (AvgIpc) is 2.88. The summed E-state index contributed by atoms with van der Waals surface area (Å²) in [7, 11) is -3.55. The molecule has 0 N–H and O–H groups in total. The quantitative estimate of drug-likeness (QED) is 0.267. The monoisotopic (exact) mass is 518 g/mol. The summed E-state index contributed by atoms with van der Waals surface area (Å²) in [5, 5.41) is 0.586. The van der Waals surface area contributed by atoms with Crippen molar-refractivity contribution in [3.05, 3.63) is 136 Å². The highest BCUT2D eigenvalue weighted by molar-refractivity contribution is 7.92. The Hall–Kier alpha value is -3.61. The summed E-state index contributed by atoms with van der Waals surface area (Å²) >= 11 is 5.96. The van der Waals surface area contributed by atoms with Crippen molar-refractivity contribution in [1.29, 1.82) is 0 Å². The summed E-state index contributed by atoms with van der Waals surface area (Å²) in [5.41, 5.74) is 3.85. The molecule has 0 bridgehead atoms. The molecular formula is C29H27ClN2O3S. The van der Waals surface area contributed by atoms with Crippen molar-refractivity contribution in [1.82, 2.24) is 4.90 Å². The zero-order valence-corrected chi connectivity index (χ0v) is 21.5. The van der Waals surface area contributed by atoms with Gasteiger partial charge in [0.05, 0.1) is 18.5 Å². The minimum atomic E-state index is -3.55. The molecule has 184 valence electrons. The smallest absolute Gasteiger partial charge is 0.254 e. The van der Waals surface area contributed by atoms with Gasteiger partial charge in [0.1, 0.15) is 0 Å². The van der Waals surface area contributed by atoms with Gasteiger partial charge < -0.3 is 4.90 Å². The van der Waals surface area contributed by atoms with Crippen molar-refractivity contribution < 1.29 is 13.2 Å². The molecule has 0 unspecified atom stereocenters. The van der Waals surface area contributed by atoms with Gasteiger partial charge in [-0.05, 0) is 53.1 Å². The molecule has 0 spiro atoms. The van der Waals surface area contributed by atoms with Crippen molar-refractivity contribution in [2.24, 2.45) is 0 Å². The van der Waals surface area contributed by atoms with Gasteiger partial charge in [-0.15, -0.1) is 0 Å². The van der Waals surface area contributed by atoms with Gasteiger partial charge in [0.2, 0.25) is 10.0 Å². The first-order chi connectivity index (χ1) is 17.3. The fourth-order valence-corrected chi connectivity index (χ4v) is 4.93. The first-order valence-corrected chi connectivity index (χ1v) is 13.7. The Morgan fingerprint density at radius 3 is 1.61 bits per heavy atom. The first-order valence-electron chi connectivity index (χ1n) is 11.5. The van der Waals surface area contributed by atoms with Gasteiger partial charge in [-0.1, -0.05) is 84.4 Å². The second kappa shape index (κ2) is 11.4. The molecular weight excluding hydrogens is 492 g/mol.